The van der Waals surface area contributed by atoms with E-state index in [0.717, 1.165) is 16.8 Å². The molecule has 98 valence electrons. The number of carbonyl (C=O) groups is 1. The van der Waals surface area contributed by atoms with E-state index in [-0.39, 0.29) is 5.91 Å². The molecule has 3 rings (SSSR count). The molecule has 0 saturated carbocycles. The molecule has 3 nitrogen and oxygen atoms in total. The highest BCUT2D eigenvalue weighted by molar-refractivity contribution is 5.95. The predicted octanol–water partition coefficient (Wildman–Crippen LogP) is 3.55. The highest BCUT2D eigenvalue weighted by Crippen LogP contribution is 2.19. The number of nitrogens with zero attached hydrogens (tertiary/aromatic N) is 2. The number of rotatable bonds is 2. The summed E-state index contributed by atoms with van der Waals surface area (Å²) >= 11 is 0. The lowest BCUT2D eigenvalue weighted by Crippen LogP contribution is -2.12. The summed E-state index contributed by atoms with van der Waals surface area (Å²) in [5.74, 6) is -0.113. The molecule has 3 aromatic rings. The molecular formula is C17H14N2O. The fraction of sp³-hybridized carbons (Fsp3) is 0.0588. The monoisotopic (exact) mass is 262 g/mol. The summed E-state index contributed by atoms with van der Waals surface area (Å²) in [6, 6.07) is 19.5. The van der Waals surface area contributed by atoms with E-state index in [0.29, 0.717) is 5.56 Å². The first-order valence-corrected chi connectivity index (χ1v) is 6.46. The average molecular weight is 262 g/mol. The Morgan fingerprint density at radius 2 is 1.55 bits per heavy atom. The lowest BCUT2D eigenvalue weighted by Gasteiger charge is -2.04. The van der Waals surface area contributed by atoms with Crippen molar-refractivity contribution in [3.8, 4) is 11.1 Å². The maximum absolute atomic E-state index is 12.2. The minimum absolute atomic E-state index is 0.113. The largest absolute Gasteiger partial charge is 0.278 e. The van der Waals surface area contributed by atoms with Gasteiger partial charge in [0.1, 0.15) is 0 Å². The molecule has 0 spiro atoms. The van der Waals surface area contributed by atoms with E-state index in [2.05, 4.69) is 5.10 Å². The molecule has 2 aromatic carbocycles. The third-order valence-corrected chi connectivity index (χ3v) is 3.17. The van der Waals surface area contributed by atoms with E-state index >= 15 is 0 Å². The molecule has 0 N–H and O–H groups in total. The van der Waals surface area contributed by atoms with Crippen molar-refractivity contribution in [2.45, 2.75) is 6.92 Å². The molecule has 3 heteroatoms. The third kappa shape index (κ3) is 2.38. The Bertz CT molecular complexity index is 727. The molecule has 20 heavy (non-hydrogen) atoms. The van der Waals surface area contributed by atoms with Crippen molar-refractivity contribution in [3.63, 3.8) is 0 Å². The van der Waals surface area contributed by atoms with Gasteiger partial charge in [0, 0.05) is 11.8 Å². The standard InChI is InChI=1S/C17H14N2O/c1-13-11-12-19(18-13)17(20)16-9-7-15(8-10-16)14-5-3-2-4-6-14/h2-12H,1H3. The second kappa shape index (κ2) is 5.13. The van der Waals surface area contributed by atoms with Crippen LogP contribution in [0.25, 0.3) is 11.1 Å². The van der Waals surface area contributed by atoms with Crippen molar-refractivity contribution in [3.05, 3.63) is 78.1 Å². The van der Waals surface area contributed by atoms with Gasteiger partial charge in [-0.2, -0.15) is 5.10 Å². The van der Waals surface area contributed by atoms with Crippen molar-refractivity contribution < 1.29 is 4.79 Å². The van der Waals surface area contributed by atoms with E-state index in [1.807, 2.05) is 67.6 Å². The molecule has 0 bridgehead atoms. The lowest BCUT2D eigenvalue weighted by atomic mass is 10.0. The van der Waals surface area contributed by atoms with Crippen LogP contribution in [0.5, 0.6) is 0 Å². The van der Waals surface area contributed by atoms with Gasteiger partial charge in [-0.1, -0.05) is 42.5 Å². The van der Waals surface area contributed by atoms with Crippen LogP contribution in [0, 0.1) is 6.92 Å². The number of aryl methyl sites for hydroxylation is 1. The molecular weight excluding hydrogens is 248 g/mol. The number of hydrogen-bond acceptors (Lipinski definition) is 2. The van der Waals surface area contributed by atoms with E-state index in [4.69, 9.17) is 0 Å². The first-order chi connectivity index (χ1) is 9.74. The van der Waals surface area contributed by atoms with Gasteiger partial charge in [-0.3, -0.25) is 4.79 Å². The van der Waals surface area contributed by atoms with Gasteiger partial charge in [0.05, 0.1) is 5.69 Å². The minimum atomic E-state index is -0.113. The fourth-order valence-corrected chi connectivity index (χ4v) is 2.10. The summed E-state index contributed by atoms with van der Waals surface area (Å²) < 4.78 is 1.37. The molecule has 1 aromatic heterocycles. The number of hydrogen-bond donors (Lipinski definition) is 0. The first-order valence-electron chi connectivity index (χ1n) is 6.46. The zero-order chi connectivity index (χ0) is 13.9. The van der Waals surface area contributed by atoms with E-state index in [1.165, 1.54) is 4.68 Å². The Morgan fingerprint density at radius 1 is 0.900 bits per heavy atom. The Balaban J connectivity index is 1.88. The number of benzene rings is 2. The van der Waals surface area contributed by atoms with Crippen LogP contribution in [0.1, 0.15) is 16.1 Å². The van der Waals surface area contributed by atoms with Crippen molar-refractivity contribution in [1.82, 2.24) is 9.78 Å². The van der Waals surface area contributed by atoms with Crippen LogP contribution in [-0.2, 0) is 0 Å². The van der Waals surface area contributed by atoms with Gasteiger partial charge in [0.2, 0.25) is 0 Å². The second-order valence-corrected chi connectivity index (χ2v) is 4.65. The van der Waals surface area contributed by atoms with Crippen molar-refractivity contribution in [1.29, 1.82) is 0 Å². The average Bonchev–Trinajstić information content (AvgIpc) is 2.94. The molecule has 0 saturated heterocycles. The van der Waals surface area contributed by atoms with Crippen LogP contribution in [0.15, 0.2) is 66.9 Å². The molecule has 0 radical (unpaired) electrons. The van der Waals surface area contributed by atoms with Crippen molar-refractivity contribution in [2.75, 3.05) is 0 Å². The van der Waals surface area contributed by atoms with Gasteiger partial charge in [0.25, 0.3) is 5.91 Å². The Kier molecular flexibility index (Phi) is 3.17. The normalized spacial score (nSPS) is 10.4. The smallest absolute Gasteiger partial charge is 0.267 e. The highest BCUT2D eigenvalue weighted by Gasteiger charge is 2.09. The maximum atomic E-state index is 12.2. The van der Waals surface area contributed by atoms with Gasteiger partial charge < -0.3 is 0 Å². The molecule has 0 aliphatic rings. The van der Waals surface area contributed by atoms with E-state index in [1.54, 1.807) is 6.20 Å². The summed E-state index contributed by atoms with van der Waals surface area (Å²) in [5, 5.41) is 4.13. The Labute approximate surface area is 117 Å². The molecule has 0 aliphatic heterocycles. The fourth-order valence-electron chi connectivity index (χ4n) is 2.10. The van der Waals surface area contributed by atoms with E-state index < -0.39 is 0 Å². The van der Waals surface area contributed by atoms with Crippen LogP contribution in [0.3, 0.4) is 0 Å². The maximum Gasteiger partial charge on any atom is 0.278 e. The van der Waals surface area contributed by atoms with Gasteiger partial charge in [-0.25, -0.2) is 4.68 Å². The lowest BCUT2D eigenvalue weighted by molar-refractivity contribution is 0.0944. The topological polar surface area (TPSA) is 34.9 Å². The van der Waals surface area contributed by atoms with Crippen molar-refractivity contribution >= 4 is 5.91 Å². The summed E-state index contributed by atoms with van der Waals surface area (Å²) in [6.45, 7) is 1.86. The molecule has 0 aliphatic carbocycles. The van der Waals surface area contributed by atoms with Gasteiger partial charge in [-0.05, 0) is 36.2 Å². The predicted molar refractivity (Wildman–Crippen MR) is 78.6 cm³/mol. The van der Waals surface area contributed by atoms with E-state index in [9.17, 15) is 4.79 Å². The molecule has 0 atom stereocenters. The molecule has 1 heterocycles. The molecule has 0 amide bonds. The number of carbonyl (C=O) groups excluding carboxylic acids is 1. The quantitative estimate of drug-likeness (QED) is 0.708. The third-order valence-electron chi connectivity index (χ3n) is 3.17. The summed E-state index contributed by atoms with van der Waals surface area (Å²) in [7, 11) is 0. The zero-order valence-corrected chi connectivity index (χ0v) is 11.2. The Morgan fingerprint density at radius 3 is 2.15 bits per heavy atom. The first kappa shape index (κ1) is 12.4. The Hall–Kier alpha value is -2.68. The zero-order valence-electron chi connectivity index (χ0n) is 11.2. The van der Waals surface area contributed by atoms with Crippen LogP contribution in [-0.4, -0.2) is 15.7 Å². The second-order valence-electron chi connectivity index (χ2n) is 4.65. The SMILES string of the molecule is Cc1ccn(C(=O)c2ccc(-c3ccccc3)cc2)n1. The minimum Gasteiger partial charge on any atom is -0.267 e. The summed E-state index contributed by atoms with van der Waals surface area (Å²) in [6.07, 6.45) is 1.68. The van der Waals surface area contributed by atoms with Gasteiger partial charge in [-0.15, -0.1) is 0 Å². The molecule has 0 fully saturated rings. The van der Waals surface area contributed by atoms with Crippen LogP contribution >= 0.6 is 0 Å². The number of aromatic nitrogens is 2. The molecule has 0 unspecified atom stereocenters. The van der Waals surface area contributed by atoms with Crippen molar-refractivity contribution in [2.24, 2.45) is 0 Å². The highest BCUT2D eigenvalue weighted by atomic mass is 16.2. The van der Waals surface area contributed by atoms with Gasteiger partial charge >= 0.3 is 0 Å². The van der Waals surface area contributed by atoms with Gasteiger partial charge in [0.15, 0.2) is 0 Å². The van der Waals surface area contributed by atoms with Crippen LogP contribution in [0.4, 0.5) is 0 Å². The van der Waals surface area contributed by atoms with Crippen LogP contribution < -0.4 is 0 Å². The summed E-state index contributed by atoms with van der Waals surface area (Å²) in [5.41, 5.74) is 3.70. The van der Waals surface area contributed by atoms with Crippen LogP contribution in [0.2, 0.25) is 0 Å². The summed E-state index contributed by atoms with van der Waals surface area (Å²) in [4.78, 5) is 12.2.